The van der Waals surface area contributed by atoms with Crippen LogP contribution in [-0.2, 0) is 9.59 Å². The zero-order valence-corrected chi connectivity index (χ0v) is 12.3. The Bertz CT molecular complexity index is 378. The highest BCUT2D eigenvalue weighted by atomic mass is 32.2. The van der Waals surface area contributed by atoms with Gasteiger partial charge in [0.25, 0.3) is 0 Å². The van der Waals surface area contributed by atoms with Crippen molar-refractivity contribution in [2.24, 2.45) is 0 Å². The summed E-state index contributed by atoms with van der Waals surface area (Å²) in [6.45, 7) is 6.14. The van der Waals surface area contributed by atoms with Crippen molar-refractivity contribution in [3.63, 3.8) is 0 Å². The Hall–Kier alpha value is -0.970. The van der Waals surface area contributed by atoms with E-state index in [1.54, 1.807) is 16.7 Å². The maximum Gasteiger partial charge on any atom is 0.249 e. The highest BCUT2D eigenvalue weighted by Gasteiger charge is 2.50. The molecule has 1 saturated heterocycles. The lowest BCUT2D eigenvalue weighted by Gasteiger charge is -2.43. The fourth-order valence-corrected chi connectivity index (χ4v) is 3.59. The summed E-state index contributed by atoms with van der Waals surface area (Å²) < 4.78 is 0. The van der Waals surface area contributed by atoms with E-state index in [0.29, 0.717) is 6.54 Å². The third kappa shape index (κ3) is 2.81. The molecule has 1 unspecified atom stereocenters. The molecule has 1 N–H and O–H groups in total. The van der Waals surface area contributed by atoms with Crippen LogP contribution >= 0.6 is 11.8 Å². The van der Waals surface area contributed by atoms with Crippen LogP contribution < -0.4 is 5.32 Å². The number of rotatable bonds is 5. The predicted molar refractivity (Wildman–Crippen MR) is 78.0 cm³/mol. The summed E-state index contributed by atoms with van der Waals surface area (Å²) >= 11 is 1.74. The normalized spacial score (nSPS) is 25.7. The minimum Gasteiger partial charge on any atom is -0.340 e. The summed E-state index contributed by atoms with van der Waals surface area (Å²) in [5.41, 5.74) is -0.591. The predicted octanol–water partition coefficient (Wildman–Crippen LogP) is 1.57. The van der Waals surface area contributed by atoms with Crippen molar-refractivity contribution in [3.8, 4) is 0 Å². The number of piperazine rings is 1. The van der Waals surface area contributed by atoms with Gasteiger partial charge in [-0.05, 0) is 19.8 Å². The molecule has 1 atom stereocenters. The Kier molecular flexibility index (Phi) is 4.55. The van der Waals surface area contributed by atoms with Gasteiger partial charge in [0.2, 0.25) is 11.8 Å². The molecule has 1 aliphatic carbocycles. The first-order chi connectivity index (χ1) is 9.10. The minimum atomic E-state index is -0.591. The van der Waals surface area contributed by atoms with Gasteiger partial charge in [-0.15, -0.1) is 6.58 Å². The van der Waals surface area contributed by atoms with E-state index >= 15 is 0 Å². The van der Waals surface area contributed by atoms with Gasteiger partial charge in [-0.25, -0.2) is 0 Å². The molecule has 5 heteroatoms. The van der Waals surface area contributed by atoms with Gasteiger partial charge in [0, 0.05) is 18.1 Å². The molecule has 1 heterocycles. The monoisotopic (exact) mass is 282 g/mol. The number of nitrogens with one attached hydrogen (secondary N) is 1. The molecule has 0 aromatic heterocycles. The summed E-state index contributed by atoms with van der Waals surface area (Å²) in [5.74, 6) is 1.85. The van der Waals surface area contributed by atoms with Crippen molar-refractivity contribution in [3.05, 3.63) is 12.7 Å². The maximum absolute atomic E-state index is 12.7. The molecule has 4 nitrogen and oxygen atoms in total. The molecular weight excluding hydrogens is 260 g/mol. The van der Waals surface area contributed by atoms with Crippen LogP contribution in [0, 0.1) is 0 Å². The van der Waals surface area contributed by atoms with Gasteiger partial charge in [-0.1, -0.05) is 18.9 Å². The number of carbonyl (C=O) groups is 2. The van der Waals surface area contributed by atoms with Crippen LogP contribution in [0.2, 0.25) is 0 Å². The van der Waals surface area contributed by atoms with Gasteiger partial charge in [0.1, 0.15) is 11.6 Å². The first kappa shape index (κ1) is 14.4. The molecule has 2 aliphatic rings. The number of nitrogens with zero attached hydrogens (tertiary/aromatic N) is 1. The summed E-state index contributed by atoms with van der Waals surface area (Å²) in [6.07, 6.45) is 5.50. The van der Waals surface area contributed by atoms with E-state index in [0.717, 1.165) is 37.2 Å². The number of hydrogen-bond acceptors (Lipinski definition) is 3. The second kappa shape index (κ2) is 5.99. The third-order valence-corrected chi connectivity index (χ3v) is 4.99. The van der Waals surface area contributed by atoms with Crippen LogP contribution in [0.5, 0.6) is 0 Å². The number of amides is 2. The molecule has 2 rings (SSSR count). The summed E-state index contributed by atoms with van der Waals surface area (Å²) in [6, 6.07) is -0.344. The Labute approximate surface area is 119 Å². The highest BCUT2D eigenvalue weighted by Crippen LogP contribution is 2.34. The van der Waals surface area contributed by atoms with Gasteiger partial charge in [-0.2, -0.15) is 11.8 Å². The average Bonchev–Trinajstić information content (AvgIpc) is 2.85. The first-order valence-corrected chi connectivity index (χ1v) is 8.08. The van der Waals surface area contributed by atoms with E-state index in [4.69, 9.17) is 0 Å². The molecule has 0 radical (unpaired) electrons. The molecule has 19 heavy (non-hydrogen) atoms. The van der Waals surface area contributed by atoms with Crippen molar-refractivity contribution in [1.29, 1.82) is 0 Å². The largest absolute Gasteiger partial charge is 0.340 e. The number of thioether (sulfide) groups is 1. The molecule has 1 spiro atoms. The van der Waals surface area contributed by atoms with Crippen LogP contribution in [0.15, 0.2) is 12.7 Å². The van der Waals surface area contributed by atoms with E-state index in [9.17, 15) is 9.59 Å². The Morgan fingerprint density at radius 1 is 1.47 bits per heavy atom. The summed E-state index contributed by atoms with van der Waals surface area (Å²) in [7, 11) is 0. The van der Waals surface area contributed by atoms with Crippen LogP contribution in [0.3, 0.4) is 0 Å². The first-order valence-electron chi connectivity index (χ1n) is 6.92. The van der Waals surface area contributed by atoms with Gasteiger partial charge < -0.3 is 10.2 Å². The van der Waals surface area contributed by atoms with Crippen molar-refractivity contribution in [2.45, 2.75) is 44.2 Å². The summed E-state index contributed by atoms with van der Waals surface area (Å²) in [4.78, 5) is 26.5. The molecule has 0 aromatic rings. The molecule has 1 saturated carbocycles. The lowest BCUT2D eigenvalue weighted by Crippen LogP contribution is -2.69. The molecular formula is C14H22N2O2S. The highest BCUT2D eigenvalue weighted by molar-refractivity contribution is 7.99. The van der Waals surface area contributed by atoms with Crippen molar-refractivity contribution in [2.75, 3.05) is 18.1 Å². The second-order valence-electron chi connectivity index (χ2n) is 5.32. The third-order valence-electron chi connectivity index (χ3n) is 4.05. The topological polar surface area (TPSA) is 49.4 Å². The molecule has 106 valence electrons. The van der Waals surface area contributed by atoms with Crippen molar-refractivity contribution in [1.82, 2.24) is 10.2 Å². The average molecular weight is 282 g/mol. The number of hydrogen-bond donors (Lipinski definition) is 1. The molecule has 0 aromatic carbocycles. The smallest absolute Gasteiger partial charge is 0.249 e. The Balaban J connectivity index is 2.04. The fraction of sp³-hybridized carbons (Fsp3) is 0.714. The molecule has 2 amide bonds. The maximum atomic E-state index is 12.7. The van der Waals surface area contributed by atoms with E-state index in [2.05, 4.69) is 11.9 Å². The quantitative estimate of drug-likeness (QED) is 0.615. The number of carbonyl (C=O) groups excluding carboxylic acids is 2. The van der Waals surface area contributed by atoms with E-state index in [1.807, 2.05) is 13.0 Å². The van der Waals surface area contributed by atoms with Crippen LogP contribution in [-0.4, -0.2) is 46.3 Å². The van der Waals surface area contributed by atoms with Gasteiger partial charge in [-0.3, -0.25) is 9.59 Å². The summed E-state index contributed by atoms with van der Waals surface area (Å²) in [5, 5.41) is 2.97. The zero-order valence-electron chi connectivity index (χ0n) is 11.5. The fourth-order valence-electron chi connectivity index (χ4n) is 2.93. The Morgan fingerprint density at radius 2 is 2.16 bits per heavy atom. The lowest BCUT2D eigenvalue weighted by atomic mass is 9.91. The molecule has 1 aliphatic heterocycles. The second-order valence-corrected chi connectivity index (χ2v) is 6.47. The standard InChI is InChI=1S/C14H22N2O2S/c1-3-9-19-10-8-16-11(2)12(17)15-14(13(16)18)6-4-5-7-14/h3,11H,1,4-10H2,2H3,(H,15,17). The SMILES string of the molecule is C=CCSCCN1C(=O)C2(CCCC2)NC(=O)C1C. The molecule has 2 fully saturated rings. The zero-order chi connectivity index (χ0) is 13.9. The molecule has 0 bridgehead atoms. The van der Waals surface area contributed by atoms with E-state index in [1.165, 1.54) is 0 Å². The van der Waals surface area contributed by atoms with Crippen LogP contribution in [0.1, 0.15) is 32.6 Å². The minimum absolute atomic E-state index is 0.00443. The Morgan fingerprint density at radius 3 is 2.79 bits per heavy atom. The van der Waals surface area contributed by atoms with Gasteiger partial charge in [0.05, 0.1) is 0 Å². The van der Waals surface area contributed by atoms with Crippen LogP contribution in [0.4, 0.5) is 0 Å². The van der Waals surface area contributed by atoms with Gasteiger partial charge >= 0.3 is 0 Å². The van der Waals surface area contributed by atoms with Crippen molar-refractivity contribution < 1.29 is 9.59 Å². The lowest BCUT2D eigenvalue weighted by molar-refractivity contribution is -0.153. The van der Waals surface area contributed by atoms with E-state index < -0.39 is 5.54 Å². The van der Waals surface area contributed by atoms with Crippen molar-refractivity contribution >= 4 is 23.6 Å². The van der Waals surface area contributed by atoms with E-state index in [-0.39, 0.29) is 17.9 Å². The van der Waals surface area contributed by atoms with Crippen LogP contribution in [0.25, 0.3) is 0 Å². The van der Waals surface area contributed by atoms with Gasteiger partial charge in [0.15, 0.2) is 0 Å².